The number of likely N-dealkylation sites (N-methyl/N-ethyl adjacent to an activating group) is 1. The second-order valence-electron chi connectivity index (χ2n) is 7.34. The zero-order valence-electron chi connectivity index (χ0n) is 19.0. The minimum atomic E-state index is -0.735. The van der Waals surface area contributed by atoms with Crippen LogP contribution in [0.4, 0.5) is 10.1 Å². The number of rotatable bonds is 9. The van der Waals surface area contributed by atoms with E-state index >= 15 is 0 Å². The molecule has 2 amide bonds. The first-order valence-electron chi connectivity index (χ1n) is 10.4. The molecule has 0 saturated heterocycles. The first-order valence-corrected chi connectivity index (χ1v) is 10.8. The molecular weight excluding hydrogens is 475 g/mol. The first-order chi connectivity index (χ1) is 16.8. The highest BCUT2D eigenvalue weighted by molar-refractivity contribution is 6.43. The molecule has 3 rings (SSSR count). The van der Waals surface area contributed by atoms with E-state index in [4.69, 9.17) is 16.3 Å². The summed E-state index contributed by atoms with van der Waals surface area (Å²) in [5.41, 5.74) is 1.67. The number of methoxy groups -OCH3 is 1. The summed E-state index contributed by atoms with van der Waals surface area (Å²) in [6.07, 6.45) is 2.63. The van der Waals surface area contributed by atoms with E-state index in [1.165, 1.54) is 26.4 Å². The lowest BCUT2D eigenvalue weighted by atomic mass is 9.99. The van der Waals surface area contributed by atoms with Crippen LogP contribution in [-0.4, -0.2) is 41.7 Å². The highest BCUT2D eigenvalue weighted by Gasteiger charge is 2.20. The van der Waals surface area contributed by atoms with Gasteiger partial charge >= 0.3 is 0 Å². The summed E-state index contributed by atoms with van der Waals surface area (Å²) in [4.78, 5) is 44.7. The van der Waals surface area contributed by atoms with Crippen LogP contribution in [0.5, 0.6) is 5.75 Å². The normalized spacial score (nSPS) is 10.4. The van der Waals surface area contributed by atoms with E-state index < -0.39 is 23.4 Å². The average Bonchev–Trinajstić information content (AvgIpc) is 2.87. The number of hydrogen-bond donors (Lipinski definition) is 2. The number of ketones is 1. The Morgan fingerprint density at radius 3 is 2.60 bits per heavy atom. The van der Waals surface area contributed by atoms with Gasteiger partial charge in [-0.15, -0.1) is 0 Å². The Kier molecular flexibility index (Phi) is 8.27. The lowest BCUT2D eigenvalue weighted by Gasteiger charge is -2.13. The Morgan fingerprint density at radius 2 is 1.91 bits per heavy atom. The number of nitrogens with zero attached hydrogens (tertiary/aromatic N) is 2. The van der Waals surface area contributed by atoms with Crippen molar-refractivity contribution in [3.05, 3.63) is 94.3 Å². The number of anilines is 1. The molecule has 0 atom stereocenters. The number of carbonyl (C=O) groups excluding carboxylic acids is 3. The van der Waals surface area contributed by atoms with Crippen LogP contribution in [0.3, 0.4) is 0 Å². The molecule has 2 N–H and O–H groups in total. The van der Waals surface area contributed by atoms with Crippen molar-refractivity contribution in [2.24, 2.45) is 0 Å². The van der Waals surface area contributed by atoms with E-state index in [9.17, 15) is 18.8 Å². The molecule has 0 saturated carbocycles. The Bertz CT molecular complexity index is 1310. The molecule has 8 nitrogen and oxygen atoms in total. The van der Waals surface area contributed by atoms with Crippen LogP contribution in [-0.2, 0) is 22.4 Å². The van der Waals surface area contributed by atoms with E-state index in [0.29, 0.717) is 11.3 Å². The number of amides is 2. The SMILES string of the molecule is C=CC(=O)Nc1cc(Cc2ncc(Cl)c(Cc3ccccc3C(=O)C(=O)NC)n2)c(F)cc1OC. The fourth-order valence-corrected chi connectivity index (χ4v) is 3.48. The van der Waals surface area contributed by atoms with Gasteiger partial charge in [-0.3, -0.25) is 14.4 Å². The molecule has 0 aliphatic heterocycles. The number of hydrogen-bond acceptors (Lipinski definition) is 6. The van der Waals surface area contributed by atoms with Crippen molar-refractivity contribution in [3.63, 3.8) is 0 Å². The van der Waals surface area contributed by atoms with Gasteiger partial charge in [-0.05, 0) is 23.3 Å². The van der Waals surface area contributed by atoms with Crippen LogP contribution in [0, 0.1) is 5.82 Å². The van der Waals surface area contributed by atoms with Crippen molar-refractivity contribution >= 4 is 34.9 Å². The quantitative estimate of drug-likeness (QED) is 0.266. The summed E-state index contributed by atoms with van der Waals surface area (Å²) >= 11 is 6.30. The second-order valence-corrected chi connectivity index (χ2v) is 7.74. The Hall–Kier alpha value is -4.11. The van der Waals surface area contributed by atoms with Crippen molar-refractivity contribution in [2.75, 3.05) is 19.5 Å². The second kappa shape index (κ2) is 11.3. The number of nitrogens with one attached hydrogen (secondary N) is 2. The van der Waals surface area contributed by atoms with Crippen molar-refractivity contribution in [3.8, 4) is 5.75 Å². The molecule has 180 valence electrons. The van der Waals surface area contributed by atoms with Crippen LogP contribution < -0.4 is 15.4 Å². The van der Waals surface area contributed by atoms with Gasteiger partial charge in [0.15, 0.2) is 0 Å². The number of Topliss-reactive ketones (excluding diaryl/α,β-unsaturated/α-hetero) is 1. The van der Waals surface area contributed by atoms with Gasteiger partial charge < -0.3 is 15.4 Å². The van der Waals surface area contributed by atoms with Gasteiger partial charge in [-0.2, -0.15) is 0 Å². The molecule has 35 heavy (non-hydrogen) atoms. The minimum Gasteiger partial charge on any atom is -0.494 e. The number of aromatic nitrogens is 2. The maximum absolute atomic E-state index is 14.7. The number of benzene rings is 2. The predicted molar refractivity (Wildman–Crippen MR) is 129 cm³/mol. The summed E-state index contributed by atoms with van der Waals surface area (Å²) in [6.45, 7) is 3.40. The largest absolute Gasteiger partial charge is 0.494 e. The maximum atomic E-state index is 14.7. The minimum absolute atomic E-state index is 0.00419. The molecule has 10 heteroatoms. The monoisotopic (exact) mass is 496 g/mol. The third kappa shape index (κ3) is 6.07. The van der Waals surface area contributed by atoms with E-state index in [-0.39, 0.29) is 46.3 Å². The zero-order valence-corrected chi connectivity index (χ0v) is 19.8. The Morgan fingerprint density at radius 1 is 1.17 bits per heavy atom. The summed E-state index contributed by atoms with van der Waals surface area (Å²) in [7, 11) is 2.74. The maximum Gasteiger partial charge on any atom is 0.292 e. The van der Waals surface area contributed by atoms with Gasteiger partial charge in [-0.1, -0.05) is 42.4 Å². The average molecular weight is 497 g/mol. The summed E-state index contributed by atoms with van der Waals surface area (Å²) < 4.78 is 19.9. The summed E-state index contributed by atoms with van der Waals surface area (Å²) in [5, 5.41) is 5.15. The van der Waals surface area contributed by atoms with Gasteiger partial charge in [0.25, 0.3) is 5.91 Å². The number of halogens is 2. The van der Waals surface area contributed by atoms with Crippen LogP contribution >= 0.6 is 11.6 Å². The van der Waals surface area contributed by atoms with Crippen LogP contribution in [0.25, 0.3) is 0 Å². The molecule has 1 heterocycles. The van der Waals surface area contributed by atoms with Gasteiger partial charge in [0.1, 0.15) is 17.4 Å². The number of ether oxygens (including phenoxy) is 1. The molecule has 1 aromatic heterocycles. The molecule has 3 aromatic rings. The fraction of sp³-hybridized carbons (Fsp3) is 0.160. The third-order valence-electron chi connectivity index (χ3n) is 5.08. The van der Waals surface area contributed by atoms with Crippen molar-refractivity contribution in [2.45, 2.75) is 12.8 Å². The standard InChI is InChI=1S/C25H22ClFN4O4/c1-4-23(32)31-20-10-15(18(27)12-21(20)35-3)11-22-29-13-17(26)19(30-22)9-14-7-5-6-8-16(14)24(33)25(34)28-2/h4-8,10,12-13H,1,9,11H2,2-3H3,(H,28,34)(H,31,32). The molecule has 0 bridgehead atoms. The molecule has 0 spiro atoms. The molecule has 0 aliphatic carbocycles. The lowest BCUT2D eigenvalue weighted by Crippen LogP contribution is -2.28. The summed E-state index contributed by atoms with van der Waals surface area (Å²) in [5.74, 6) is -2.04. The molecule has 2 aromatic carbocycles. The molecular formula is C25H22ClFN4O4. The van der Waals surface area contributed by atoms with Gasteiger partial charge in [-0.25, -0.2) is 14.4 Å². The van der Waals surface area contributed by atoms with Gasteiger partial charge in [0, 0.05) is 37.7 Å². The van der Waals surface area contributed by atoms with E-state index in [1.807, 2.05) is 0 Å². The molecule has 0 radical (unpaired) electrons. The highest BCUT2D eigenvalue weighted by Crippen LogP contribution is 2.29. The smallest absolute Gasteiger partial charge is 0.292 e. The van der Waals surface area contributed by atoms with Crippen molar-refractivity contribution in [1.29, 1.82) is 0 Å². The third-order valence-corrected chi connectivity index (χ3v) is 5.40. The fourth-order valence-electron chi connectivity index (χ4n) is 3.32. The lowest BCUT2D eigenvalue weighted by molar-refractivity contribution is -0.116. The molecule has 0 unspecified atom stereocenters. The van der Waals surface area contributed by atoms with E-state index in [0.717, 1.165) is 12.1 Å². The Labute approximate surface area is 206 Å². The Balaban J connectivity index is 1.93. The highest BCUT2D eigenvalue weighted by atomic mass is 35.5. The van der Waals surface area contributed by atoms with Crippen LogP contribution in [0.2, 0.25) is 5.02 Å². The predicted octanol–water partition coefficient (Wildman–Crippen LogP) is 3.51. The topological polar surface area (TPSA) is 110 Å². The van der Waals surface area contributed by atoms with E-state index in [2.05, 4.69) is 27.2 Å². The number of carbonyl (C=O) groups is 3. The zero-order chi connectivity index (χ0) is 25.5. The van der Waals surface area contributed by atoms with Crippen molar-refractivity contribution in [1.82, 2.24) is 15.3 Å². The molecule has 0 aliphatic rings. The van der Waals surface area contributed by atoms with Crippen LogP contribution in [0.15, 0.2) is 55.3 Å². The van der Waals surface area contributed by atoms with Crippen molar-refractivity contribution < 1.29 is 23.5 Å². The van der Waals surface area contributed by atoms with E-state index in [1.54, 1.807) is 24.3 Å². The van der Waals surface area contributed by atoms with Crippen LogP contribution in [0.1, 0.15) is 33.0 Å². The van der Waals surface area contributed by atoms with Gasteiger partial charge in [0.05, 0.1) is 23.5 Å². The van der Waals surface area contributed by atoms with Gasteiger partial charge in [0.2, 0.25) is 11.7 Å². The molecule has 0 fully saturated rings. The summed E-state index contributed by atoms with van der Waals surface area (Å²) in [6, 6.07) is 9.23. The first kappa shape index (κ1) is 25.5.